The number of alkyl halides is 1. The number of benzene rings is 2. The molecule has 7 heteroatoms. The van der Waals surface area contributed by atoms with Crippen molar-refractivity contribution in [2.45, 2.75) is 18.5 Å². The predicted octanol–water partition coefficient (Wildman–Crippen LogP) is 3.43. The Labute approximate surface area is 173 Å². The number of nitrogens with zero attached hydrogens (tertiary/aromatic N) is 1. The second kappa shape index (κ2) is 7.79. The number of hydrogen-bond donors (Lipinski definition) is 1. The SMILES string of the molecule is COC(=O)[C@@H]1Cc2c([nH]c3ccccc23)[C@H](c2ccc(OC)cc2)N1C(=O)CCl. The molecular weight excluding hydrogens is 392 g/mol. The molecule has 0 saturated carbocycles. The molecule has 6 nitrogen and oxygen atoms in total. The zero-order valence-corrected chi connectivity index (χ0v) is 16.9. The number of carbonyl (C=O) groups excluding carboxylic acids is 2. The first-order valence-corrected chi connectivity index (χ1v) is 9.80. The molecule has 29 heavy (non-hydrogen) atoms. The average Bonchev–Trinajstić information content (AvgIpc) is 3.15. The van der Waals surface area contributed by atoms with Crippen LogP contribution in [-0.4, -0.2) is 47.9 Å². The van der Waals surface area contributed by atoms with Gasteiger partial charge in [0.25, 0.3) is 0 Å². The summed E-state index contributed by atoms with van der Waals surface area (Å²) in [4.78, 5) is 30.5. The highest BCUT2D eigenvalue weighted by atomic mass is 35.5. The Bertz CT molecular complexity index is 1060. The number of halogens is 1. The summed E-state index contributed by atoms with van der Waals surface area (Å²) in [6.07, 6.45) is 0.362. The molecule has 4 rings (SSSR count). The zero-order chi connectivity index (χ0) is 20.5. The topological polar surface area (TPSA) is 71.6 Å². The van der Waals surface area contributed by atoms with Crippen LogP contribution < -0.4 is 4.74 Å². The van der Waals surface area contributed by atoms with Crippen molar-refractivity contribution in [3.63, 3.8) is 0 Å². The van der Waals surface area contributed by atoms with Crippen molar-refractivity contribution < 1.29 is 19.1 Å². The van der Waals surface area contributed by atoms with Gasteiger partial charge in [-0.2, -0.15) is 0 Å². The Kier molecular flexibility index (Phi) is 5.20. The third-order valence-electron chi connectivity index (χ3n) is 5.44. The molecule has 0 bridgehead atoms. The van der Waals surface area contributed by atoms with Crippen LogP contribution in [0.15, 0.2) is 48.5 Å². The molecule has 1 N–H and O–H groups in total. The van der Waals surface area contributed by atoms with Gasteiger partial charge < -0.3 is 19.4 Å². The summed E-state index contributed by atoms with van der Waals surface area (Å²) in [6.45, 7) is 0. The number of methoxy groups -OCH3 is 2. The Morgan fingerprint density at radius 3 is 2.52 bits per heavy atom. The second-order valence-corrected chi connectivity index (χ2v) is 7.18. The largest absolute Gasteiger partial charge is 0.497 e. The van der Waals surface area contributed by atoms with E-state index in [9.17, 15) is 9.59 Å². The first kappa shape index (κ1) is 19.3. The van der Waals surface area contributed by atoms with Gasteiger partial charge >= 0.3 is 5.97 Å². The van der Waals surface area contributed by atoms with Gasteiger partial charge in [-0.25, -0.2) is 4.79 Å². The minimum atomic E-state index is -0.759. The standard InChI is InChI=1S/C22H21ClN2O4/c1-28-14-9-7-13(8-10-14)21-20-16(15-5-3-4-6-17(15)24-20)11-18(22(27)29-2)25(21)19(26)12-23/h3-10,18,21,24H,11-12H2,1-2H3/t18-,21-/m0/s1. The van der Waals surface area contributed by atoms with Gasteiger partial charge in [0.05, 0.1) is 20.3 Å². The van der Waals surface area contributed by atoms with Gasteiger partial charge in [-0.15, -0.1) is 11.6 Å². The van der Waals surface area contributed by atoms with Crippen molar-refractivity contribution in [2.24, 2.45) is 0 Å². The van der Waals surface area contributed by atoms with Crippen molar-refractivity contribution in [1.82, 2.24) is 9.88 Å². The summed E-state index contributed by atoms with van der Waals surface area (Å²) in [6, 6.07) is 14.1. The molecule has 2 aromatic carbocycles. The van der Waals surface area contributed by atoms with Crippen LogP contribution in [0.5, 0.6) is 5.75 Å². The Morgan fingerprint density at radius 2 is 1.86 bits per heavy atom. The van der Waals surface area contributed by atoms with Gasteiger partial charge in [0.2, 0.25) is 5.91 Å². The zero-order valence-electron chi connectivity index (χ0n) is 16.1. The highest BCUT2D eigenvalue weighted by Crippen LogP contribution is 2.41. The number of nitrogens with one attached hydrogen (secondary N) is 1. The van der Waals surface area contributed by atoms with Gasteiger partial charge in [0, 0.05) is 23.0 Å². The third-order valence-corrected chi connectivity index (χ3v) is 5.67. The van der Waals surface area contributed by atoms with Crippen LogP contribution in [0.4, 0.5) is 0 Å². The number of rotatable bonds is 4. The maximum Gasteiger partial charge on any atom is 0.328 e. The first-order valence-electron chi connectivity index (χ1n) is 9.27. The highest BCUT2D eigenvalue weighted by Gasteiger charge is 2.43. The molecule has 1 aromatic heterocycles. The molecule has 1 aliphatic heterocycles. The number of aromatic amines is 1. The lowest BCUT2D eigenvalue weighted by Gasteiger charge is -2.40. The van der Waals surface area contributed by atoms with E-state index in [-0.39, 0.29) is 11.8 Å². The molecule has 0 radical (unpaired) electrons. The summed E-state index contributed by atoms with van der Waals surface area (Å²) in [5.41, 5.74) is 3.70. The van der Waals surface area contributed by atoms with Crippen LogP contribution in [0.2, 0.25) is 0 Å². The summed E-state index contributed by atoms with van der Waals surface area (Å²) in [5.74, 6) is -0.304. The molecular formula is C22H21ClN2O4. The van der Waals surface area contributed by atoms with E-state index in [2.05, 4.69) is 4.98 Å². The van der Waals surface area contributed by atoms with Crippen LogP contribution in [0.1, 0.15) is 22.9 Å². The molecule has 0 spiro atoms. The van der Waals surface area contributed by atoms with Gasteiger partial charge in [0.1, 0.15) is 17.7 Å². The highest BCUT2D eigenvalue weighted by molar-refractivity contribution is 6.27. The molecule has 2 atom stereocenters. The quantitative estimate of drug-likeness (QED) is 0.526. The molecule has 0 fully saturated rings. The number of esters is 1. The fourth-order valence-electron chi connectivity index (χ4n) is 4.12. The molecule has 0 aliphatic carbocycles. The van der Waals surface area contributed by atoms with E-state index in [4.69, 9.17) is 21.1 Å². The Hall–Kier alpha value is -2.99. The van der Waals surface area contributed by atoms with Crippen LogP contribution in [0.25, 0.3) is 10.9 Å². The molecule has 150 valence electrons. The molecule has 1 amide bonds. The number of fused-ring (bicyclic) bond motifs is 3. The molecule has 3 aromatic rings. The molecule has 2 heterocycles. The van der Waals surface area contributed by atoms with E-state index in [0.717, 1.165) is 27.7 Å². The Balaban J connectivity index is 1.95. The molecule has 1 aliphatic rings. The summed E-state index contributed by atoms with van der Waals surface area (Å²) in [5, 5.41) is 1.04. The number of aromatic nitrogens is 1. The van der Waals surface area contributed by atoms with E-state index in [1.165, 1.54) is 7.11 Å². The van der Waals surface area contributed by atoms with Gasteiger partial charge in [-0.05, 0) is 29.3 Å². The second-order valence-electron chi connectivity index (χ2n) is 6.92. The number of amides is 1. The molecule has 0 unspecified atom stereocenters. The summed E-state index contributed by atoms with van der Waals surface area (Å²) < 4.78 is 10.3. The monoisotopic (exact) mass is 412 g/mol. The van der Waals surface area contributed by atoms with E-state index in [0.29, 0.717) is 12.2 Å². The van der Waals surface area contributed by atoms with Crippen molar-refractivity contribution in [2.75, 3.05) is 20.1 Å². The minimum absolute atomic E-state index is 0.226. The summed E-state index contributed by atoms with van der Waals surface area (Å²) in [7, 11) is 2.93. The Morgan fingerprint density at radius 1 is 1.14 bits per heavy atom. The first-order chi connectivity index (χ1) is 14.1. The number of ether oxygens (including phenoxy) is 2. The normalized spacial score (nSPS) is 18.4. The van der Waals surface area contributed by atoms with Crippen LogP contribution in [-0.2, 0) is 20.7 Å². The molecule has 0 saturated heterocycles. The smallest absolute Gasteiger partial charge is 0.328 e. The van der Waals surface area contributed by atoms with Gasteiger partial charge in [0.15, 0.2) is 0 Å². The average molecular weight is 413 g/mol. The van der Waals surface area contributed by atoms with E-state index in [1.807, 2.05) is 48.5 Å². The number of carbonyl (C=O) groups is 2. The lowest BCUT2D eigenvalue weighted by molar-refractivity contribution is -0.154. The minimum Gasteiger partial charge on any atom is -0.497 e. The maximum atomic E-state index is 12.9. The van der Waals surface area contributed by atoms with Crippen molar-refractivity contribution in [1.29, 1.82) is 0 Å². The maximum absolute atomic E-state index is 12.9. The fourth-order valence-corrected chi connectivity index (χ4v) is 4.26. The van der Waals surface area contributed by atoms with Crippen LogP contribution in [0.3, 0.4) is 0 Å². The number of hydrogen-bond acceptors (Lipinski definition) is 4. The van der Waals surface area contributed by atoms with Crippen molar-refractivity contribution in [3.8, 4) is 5.75 Å². The predicted molar refractivity (Wildman–Crippen MR) is 110 cm³/mol. The van der Waals surface area contributed by atoms with E-state index in [1.54, 1.807) is 12.0 Å². The van der Waals surface area contributed by atoms with Crippen LogP contribution in [0, 0.1) is 0 Å². The third kappa shape index (κ3) is 3.23. The van der Waals surface area contributed by atoms with Gasteiger partial charge in [-0.3, -0.25) is 4.79 Å². The summed E-state index contributed by atoms with van der Waals surface area (Å²) >= 11 is 5.93. The van der Waals surface area contributed by atoms with E-state index < -0.39 is 18.1 Å². The van der Waals surface area contributed by atoms with Crippen LogP contribution >= 0.6 is 11.6 Å². The van der Waals surface area contributed by atoms with Crippen molar-refractivity contribution in [3.05, 3.63) is 65.4 Å². The number of H-pyrrole nitrogens is 1. The lowest BCUT2D eigenvalue weighted by atomic mass is 9.88. The lowest BCUT2D eigenvalue weighted by Crippen LogP contribution is -2.52. The number of para-hydroxylation sites is 1. The van der Waals surface area contributed by atoms with E-state index >= 15 is 0 Å². The fraction of sp³-hybridized carbons (Fsp3) is 0.273. The van der Waals surface area contributed by atoms with Gasteiger partial charge in [-0.1, -0.05) is 30.3 Å². The van der Waals surface area contributed by atoms with Crippen molar-refractivity contribution >= 4 is 34.4 Å².